The van der Waals surface area contributed by atoms with E-state index in [4.69, 9.17) is 21.1 Å². The minimum atomic E-state index is -0.463. The Morgan fingerprint density at radius 1 is 1.23 bits per heavy atom. The van der Waals surface area contributed by atoms with Crippen LogP contribution in [0.5, 0.6) is 5.75 Å². The van der Waals surface area contributed by atoms with Gasteiger partial charge in [-0.05, 0) is 56.5 Å². The van der Waals surface area contributed by atoms with E-state index in [1.54, 1.807) is 6.07 Å². The first-order valence-corrected chi connectivity index (χ1v) is 13.5. The number of benzene rings is 1. The van der Waals surface area contributed by atoms with Crippen molar-refractivity contribution in [2.24, 2.45) is 0 Å². The molecule has 0 radical (unpaired) electrons. The zero-order chi connectivity index (χ0) is 25.4. The summed E-state index contributed by atoms with van der Waals surface area (Å²) in [6.45, 7) is 7.22. The van der Waals surface area contributed by atoms with Gasteiger partial charge in [-0.15, -0.1) is 21.5 Å². The predicted molar refractivity (Wildman–Crippen MR) is 140 cm³/mol. The predicted octanol–water partition coefficient (Wildman–Crippen LogP) is 5.41. The fourth-order valence-electron chi connectivity index (χ4n) is 3.38. The van der Waals surface area contributed by atoms with Crippen molar-refractivity contribution in [3.8, 4) is 5.75 Å². The van der Waals surface area contributed by atoms with Crippen LogP contribution in [0.1, 0.15) is 46.9 Å². The molecule has 0 bridgehead atoms. The molecule has 2 heterocycles. The maximum absolute atomic E-state index is 12.6. The molecule has 0 aliphatic heterocycles. The van der Waals surface area contributed by atoms with Crippen LogP contribution in [-0.4, -0.2) is 46.1 Å². The summed E-state index contributed by atoms with van der Waals surface area (Å²) in [4.78, 5) is 25.6. The zero-order valence-corrected chi connectivity index (χ0v) is 22.6. The molecule has 0 atom stereocenters. The van der Waals surface area contributed by atoms with Crippen LogP contribution in [0.25, 0.3) is 0 Å². The summed E-state index contributed by atoms with van der Waals surface area (Å²) in [5, 5.41) is 13.3. The molecular weight excluding hydrogens is 508 g/mol. The number of rotatable bonds is 12. The molecule has 0 fully saturated rings. The molecule has 35 heavy (non-hydrogen) atoms. The zero-order valence-electron chi connectivity index (χ0n) is 20.2. The molecular formula is C24H29ClN4O4S2. The monoisotopic (exact) mass is 536 g/mol. The standard InChI is InChI=1S/C24H29ClN4O4S2/c1-5-17-13-18(23(31)32-4)22(35-17)26-21(30)14-34-24-28-27-20(29(24)6-2)8-7-11-33-19-10-9-16(25)12-15(19)3/h9-10,12-13H,5-8,11,14H2,1-4H3,(H,26,30). The van der Waals surface area contributed by atoms with Crippen molar-refractivity contribution < 1.29 is 19.1 Å². The van der Waals surface area contributed by atoms with E-state index < -0.39 is 5.97 Å². The number of anilines is 1. The van der Waals surface area contributed by atoms with Crippen LogP contribution < -0.4 is 10.1 Å². The lowest BCUT2D eigenvalue weighted by Gasteiger charge is -2.10. The first kappa shape index (κ1) is 27.0. The number of aromatic nitrogens is 3. The molecule has 0 saturated carbocycles. The molecule has 0 unspecified atom stereocenters. The Hall–Kier alpha value is -2.56. The van der Waals surface area contributed by atoms with Crippen molar-refractivity contribution in [3.05, 3.63) is 51.1 Å². The van der Waals surface area contributed by atoms with Gasteiger partial charge in [0.05, 0.1) is 25.0 Å². The maximum Gasteiger partial charge on any atom is 0.340 e. The van der Waals surface area contributed by atoms with Gasteiger partial charge in [0.2, 0.25) is 5.91 Å². The summed E-state index contributed by atoms with van der Waals surface area (Å²) < 4.78 is 12.7. The highest BCUT2D eigenvalue weighted by molar-refractivity contribution is 7.99. The van der Waals surface area contributed by atoms with Gasteiger partial charge in [-0.25, -0.2) is 4.79 Å². The third-order valence-corrected chi connectivity index (χ3v) is 7.57. The van der Waals surface area contributed by atoms with Crippen LogP contribution in [-0.2, 0) is 28.9 Å². The Bertz CT molecular complexity index is 1180. The molecule has 0 aliphatic rings. The van der Waals surface area contributed by atoms with E-state index in [0.29, 0.717) is 40.3 Å². The van der Waals surface area contributed by atoms with Gasteiger partial charge in [0.1, 0.15) is 16.6 Å². The van der Waals surface area contributed by atoms with Crippen LogP contribution in [0.2, 0.25) is 5.02 Å². The normalized spacial score (nSPS) is 10.9. The fourth-order valence-corrected chi connectivity index (χ4v) is 5.43. The van der Waals surface area contributed by atoms with Crippen molar-refractivity contribution in [1.29, 1.82) is 0 Å². The topological polar surface area (TPSA) is 95.3 Å². The maximum atomic E-state index is 12.6. The van der Waals surface area contributed by atoms with E-state index in [-0.39, 0.29) is 11.7 Å². The summed E-state index contributed by atoms with van der Waals surface area (Å²) in [5.41, 5.74) is 1.38. The molecule has 3 aromatic rings. The number of aryl methyl sites for hydroxylation is 3. The van der Waals surface area contributed by atoms with Crippen LogP contribution >= 0.6 is 34.7 Å². The number of thioether (sulfide) groups is 1. The van der Waals surface area contributed by atoms with E-state index in [1.165, 1.54) is 30.2 Å². The number of hydrogen-bond donors (Lipinski definition) is 1. The average Bonchev–Trinajstić information content (AvgIpc) is 3.44. The summed E-state index contributed by atoms with van der Waals surface area (Å²) >= 11 is 8.69. The molecule has 0 spiro atoms. The molecule has 1 amide bonds. The number of nitrogens with one attached hydrogen (secondary N) is 1. The van der Waals surface area contributed by atoms with E-state index in [9.17, 15) is 9.59 Å². The molecule has 1 N–H and O–H groups in total. The van der Waals surface area contributed by atoms with Gasteiger partial charge in [0.15, 0.2) is 5.16 Å². The molecule has 0 saturated heterocycles. The number of ether oxygens (including phenoxy) is 2. The first-order valence-electron chi connectivity index (χ1n) is 11.3. The Balaban J connectivity index is 1.53. The number of thiophene rings is 1. The van der Waals surface area contributed by atoms with Gasteiger partial charge in [0, 0.05) is 22.9 Å². The molecule has 8 nitrogen and oxygen atoms in total. The Morgan fingerprint density at radius 3 is 2.71 bits per heavy atom. The number of hydrogen-bond acceptors (Lipinski definition) is 8. The number of carbonyl (C=O) groups excluding carboxylic acids is 2. The third kappa shape index (κ3) is 7.22. The number of halogens is 1. The van der Waals surface area contributed by atoms with Gasteiger partial charge < -0.3 is 19.4 Å². The van der Waals surface area contributed by atoms with Gasteiger partial charge in [-0.2, -0.15) is 0 Å². The van der Waals surface area contributed by atoms with Crippen molar-refractivity contribution >= 4 is 51.6 Å². The third-order valence-electron chi connectivity index (χ3n) is 5.17. The van der Waals surface area contributed by atoms with Crippen LogP contribution in [0.15, 0.2) is 29.4 Å². The lowest BCUT2D eigenvalue weighted by Crippen LogP contribution is -2.16. The second-order valence-electron chi connectivity index (χ2n) is 7.64. The second kappa shape index (κ2) is 12.9. The number of nitrogens with zero attached hydrogens (tertiary/aromatic N) is 3. The van der Waals surface area contributed by atoms with Crippen molar-refractivity contribution in [1.82, 2.24) is 14.8 Å². The summed E-state index contributed by atoms with van der Waals surface area (Å²) in [6.07, 6.45) is 2.25. The summed E-state index contributed by atoms with van der Waals surface area (Å²) in [6, 6.07) is 7.33. The van der Waals surface area contributed by atoms with Gasteiger partial charge in [-0.3, -0.25) is 4.79 Å². The van der Waals surface area contributed by atoms with Crippen LogP contribution in [0.3, 0.4) is 0 Å². The Kier molecular flexibility index (Phi) is 10.00. The highest BCUT2D eigenvalue weighted by atomic mass is 35.5. The lowest BCUT2D eigenvalue weighted by atomic mass is 10.2. The van der Waals surface area contributed by atoms with Crippen LogP contribution in [0.4, 0.5) is 5.00 Å². The summed E-state index contributed by atoms with van der Waals surface area (Å²) in [7, 11) is 1.33. The van der Waals surface area contributed by atoms with Gasteiger partial charge in [-0.1, -0.05) is 30.3 Å². The molecule has 2 aromatic heterocycles. The van der Waals surface area contributed by atoms with E-state index in [1.807, 2.05) is 43.5 Å². The van der Waals surface area contributed by atoms with Crippen LogP contribution in [0, 0.1) is 6.92 Å². The van der Waals surface area contributed by atoms with E-state index in [0.717, 1.165) is 34.9 Å². The minimum absolute atomic E-state index is 0.150. The molecule has 0 aliphatic carbocycles. The minimum Gasteiger partial charge on any atom is -0.493 e. The number of carbonyl (C=O) groups is 2. The fraction of sp³-hybridized carbons (Fsp3) is 0.417. The van der Waals surface area contributed by atoms with Gasteiger partial charge in [0.25, 0.3) is 0 Å². The highest BCUT2D eigenvalue weighted by Gasteiger charge is 2.19. The van der Waals surface area contributed by atoms with Crippen molar-refractivity contribution in [2.75, 3.05) is 24.8 Å². The van der Waals surface area contributed by atoms with E-state index >= 15 is 0 Å². The molecule has 3 rings (SSSR count). The van der Waals surface area contributed by atoms with Crippen molar-refractivity contribution in [3.63, 3.8) is 0 Å². The van der Waals surface area contributed by atoms with Gasteiger partial charge >= 0.3 is 5.97 Å². The average molecular weight is 537 g/mol. The molecule has 1 aromatic carbocycles. The molecule has 188 valence electrons. The van der Waals surface area contributed by atoms with Crippen molar-refractivity contribution in [2.45, 2.75) is 51.7 Å². The smallest absolute Gasteiger partial charge is 0.340 e. The largest absolute Gasteiger partial charge is 0.493 e. The molecule has 11 heteroatoms. The Labute approximate surface area is 218 Å². The first-order chi connectivity index (χ1) is 16.9. The number of esters is 1. The SMILES string of the molecule is CCc1cc(C(=O)OC)c(NC(=O)CSc2nnc(CCCOc3ccc(Cl)cc3C)n2CC)s1. The Morgan fingerprint density at radius 2 is 2.03 bits per heavy atom. The highest BCUT2D eigenvalue weighted by Crippen LogP contribution is 2.30. The summed E-state index contributed by atoms with van der Waals surface area (Å²) in [5.74, 6) is 1.14. The number of methoxy groups -OCH3 is 1. The van der Waals surface area contributed by atoms with E-state index in [2.05, 4.69) is 15.5 Å². The lowest BCUT2D eigenvalue weighted by molar-refractivity contribution is -0.113. The second-order valence-corrected chi connectivity index (χ2v) is 10.2. The quantitative estimate of drug-likeness (QED) is 0.188. The number of amides is 1.